The fraction of sp³-hybridized carbons (Fsp3) is 0.524. The second kappa shape index (κ2) is 7.00. The average molecular weight is 371 g/mol. The minimum atomic E-state index is -0.727. The van der Waals surface area contributed by atoms with E-state index >= 15 is 0 Å². The fourth-order valence-corrected chi connectivity index (χ4v) is 4.37. The molecule has 144 valence electrons. The summed E-state index contributed by atoms with van der Waals surface area (Å²) in [5, 5.41) is 0. The molecule has 0 N–H and O–H groups in total. The number of anilines is 1. The number of unbranched alkanes of at least 4 members (excludes halogenated alkanes) is 2. The zero-order valence-electron chi connectivity index (χ0n) is 15.7. The molecule has 0 saturated carbocycles. The summed E-state index contributed by atoms with van der Waals surface area (Å²) in [5.41, 5.74) is 0.0505. The Hall–Kier alpha value is -2.34. The third-order valence-electron chi connectivity index (χ3n) is 5.75. The lowest BCUT2D eigenvalue weighted by Gasteiger charge is -2.22. The molecule has 4 rings (SSSR count). The largest absolute Gasteiger partial charge is 0.497 e. The first kappa shape index (κ1) is 18.0. The Balaban J connectivity index is 1.52. The molecule has 6 nitrogen and oxygen atoms in total. The number of methoxy groups -OCH3 is 1. The second-order valence-electron chi connectivity index (χ2n) is 7.40. The first-order chi connectivity index (χ1) is 13.1. The average Bonchev–Trinajstić information content (AvgIpc) is 3.33. The number of hydrogen-bond acceptors (Lipinski definition) is 5. The minimum absolute atomic E-state index is 0.0810. The minimum Gasteiger partial charge on any atom is -0.497 e. The van der Waals surface area contributed by atoms with Crippen molar-refractivity contribution in [3.63, 3.8) is 0 Å². The van der Waals surface area contributed by atoms with Gasteiger partial charge in [-0.1, -0.05) is 31.9 Å². The van der Waals surface area contributed by atoms with E-state index in [1.54, 1.807) is 12.0 Å². The summed E-state index contributed by atoms with van der Waals surface area (Å²) in [5.74, 6) is -0.755. The van der Waals surface area contributed by atoms with Gasteiger partial charge < -0.3 is 19.1 Å². The Kier molecular flexibility index (Phi) is 4.68. The van der Waals surface area contributed by atoms with E-state index in [0.29, 0.717) is 13.2 Å². The summed E-state index contributed by atoms with van der Waals surface area (Å²) < 4.78 is 16.8. The molecular formula is C21H25NO5. The molecule has 0 aromatic heterocycles. The zero-order chi connectivity index (χ0) is 19.0. The van der Waals surface area contributed by atoms with Gasteiger partial charge in [-0.2, -0.15) is 0 Å². The highest BCUT2D eigenvalue weighted by Gasteiger charge is 2.67. The number of rotatable bonds is 7. The van der Waals surface area contributed by atoms with E-state index in [-0.39, 0.29) is 18.0 Å². The lowest BCUT2D eigenvalue weighted by Crippen LogP contribution is -2.40. The first-order valence-electron chi connectivity index (χ1n) is 9.59. The van der Waals surface area contributed by atoms with Crippen molar-refractivity contribution in [2.45, 2.75) is 37.9 Å². The summed E-state index contributed by atoms with van der Waals surface area (Å²) in [6.45, 7) is 2.91. The maximum Gasteiger partial charge on any atom is 0.312 e. The highest BCUT2D eigenvalue weighted by molar-refractivity contribution is 6.02. The smallest absolute Gasteiger partial charge is 0.312 e. The monoisotopic (exact) mass is 371 g/mol. The number of esters is 1. The number of carbonyl (C=O) groups is 2. The molecule has 2 saturated heterocycles. The predicted octanol–water partition coefficient (Wildman–Crippen LogP) is 2.72. The van der Waals surface area contributed by atoms with Gasteiger partial charge in [0.15, 0.2) is 0 Å². The van der Waals surface area contributed by atoms with E-state index < -0.39 is 17.4 Å². The van der Waals surface area contributed by atoms with E-state index in [0.717, 1.165) is 30.7 Å². The Morgan fingerprint density at radius 3 is 2.78 bits per heavy atom. The van der Waals surface area contributed by atoms with Crippen molar-refractivity contribution in [3.05, 3.63) is 36.4 Å². The molecule has 3 aliphatic heterocycles. The van der Waals surface area contributed by atoms with Crippen LogP contribution in [0, 0.1) is 11.8 Å². The van der Waals surface area contributed by atoms with Crippen molar-refractivity contribution in [1.82, 2.24) is 0 Å². The van der Waals surface area contributed by atoms with Gasteiger partial charge in [-0.3, -0.25) is 9.59 Å². The summed E-state index contributed by atoms with van der Waals surface area (Å²) in [6.07, 6.45) is 6.42. The number of benzene rings is 1. The van der Waals surface area contributed by atoms with Gasteiger partial charge in [-0.05, 0) is 30.7 Å². The van der Waals surface area contributed by atoms with Crippen LogP contribution in [-0.2, 0) is 19.1 Å². The van der Waals surface area contributed by atoms with Crippen molar-refractivity contribution in [2.75, 3.05) is 25.2 Å². The Bertz CT molecular complexity index is 758. The van der Waals surface area contributed by atoms with Crippen LogP contribution in [-0.4, -0.2) is 43.8 Å². The van der Waals surface area contributed by atoms with E-state index in [4.69, 9.17) is 14.2 Å². The Morgan fingerprint density at radius 2 is 2.07 bits per heavy atom. The molecule has 1 aromatic rings. The van der Waals surface area contributed by atoms with Crippen LogP contribution in [0.5, 0.6) is 5.75 Å². The van der Waals surface area contributed by atoms with Gasteiger partial charge in [0, 0.05) is 5.69 Å². The highest BCUT2D eigenvalue weighted by Crippen LogP contribution is 2.52. The molecule has 0 unspecified atom stereocenters. The Morgan fingerprint density at radius 1 is 1.30 bits per heavy atom. The molecule has 4 atom stereocenters. The number of nitrogens with zero attached hydrogens (tertiary/aromatic N) is 1. The summed E-state index contributed by atoms with van der Waals surface area (Å²) in [4.78, 5) is 27.6. The lowest BCUT2D eigenvalue weighted by atomic mass is 9.77. The van der Waals surface area contributed by atoms with Gasteiger partial charge in [0.25, 0.3) is 0 Å². The zero-order valence-corrected chi connectivity index (χ0v) is 15.7. The SMILES string of the molecule is CCCCCOC(=O)[C@H]1[C@@H]2C=C[C@]3(CN(c4ccc(OC)cc4)C(=O)[C@H]13)O2. The van der Waals surface area contributed by atoms with Crippen LogP contribution in [0.1, 0.15) is 26.2 Å². The van der Waals surface area contributed by atoms with Crippen molar-refractivity contribution >= 4 is 17.6 Å². The number of carbonyl (C=O) groups excluding carboxylic acids is 2. The van der Waals surface area contributed by atoms with Crippen molar-refractivity contribution in [3.8, 4) is 5.75 Å². The number of ether oxygens (including phenoxy) is 3. The van der Waals surface area contributed by atoms with Crippen molar-refractivity contribution < 1.29 is 23.8 Å². The lowest BCUT2D eigenvalue weighted by molar-refractivity contribution is -0.152. The fourth-order valence-electron chi connectivity index (χ4n) is 4.37. The van der Waals surface area contributed by atoms with E-state index in [1.165, 1.54) is 0 Å². The topological polar surface area (TPSA) is 65.1 Å². The van der Waals surface area contributed by atoms with Crippen LogP contribution < -0.4 is 9.64 Å². The van der Waals surface area contributed by atoms with Crippen LogP contribution in [0.3, 0.4) is 0 Å². The normalized spacial score (nSPS) is 30.7. The third-order valence-corrected chi connectivity index (χ3v) is 5.75. The van der Waals surface area contributed by atoms with Gasteiger partial charge in [-0.25, -0.2) is 0 Å². The van der Waals surface area contributed by atoms with E-state index in [9.17, 15) is 9.59 Å². The van der Waals surface area contributed by atoms with Gasteiger partial charge in [-0.15, -0.1) is 0 Å². The molecule has 1 aromatic carbocycles. The molecule has 27 heavy (non-hydrogen) atoms. The highest BCUT2D eigenvalue weighted by atomic mass is 16.6. The molecule has 2 fully saturated rings. The standard InChI is InChI=1S/C21H25NO5/c1-3-4-5-12-26-20(24)17-16-10-11-21(27-16)13-22(19(23)18(17)21)14-6-8-15(25-2)9-7-14/h6-11,16-18H,3-5,12-13H2,1-2H3/t16-,17-,18-,21+/m0/s1. The maximum atomic E-state index is 13.2. The number of hydrogen-bond donors (Lipinski definition) is 0. The molecule has 0 radical (unpaired) electrons. The maximum absolute atomic E-state index is 13.2. The van der Waals surface area contributed by atoms with E-state index in [2.05, 4.69) is 6.92 Å². The summed E-state index contributed by atoms with van der Waals surface area (Å²) in [7, 11) is 1.60. The van der Waals surface area contributed by atoms with E-state index in [1.807, 2.05) is 36.4 Å². The molecule has 1 spiro atoms. The molecule has 2 bridgehead atoms. The van der Waals surface area contributed by atoms with Gasteiger partial charge in [0.1, 0.15) is 17.3 Å². The van der Waals surface area contributed by atoms with Gasteiger partial charge in [0.2, 0.25) is 5.91 Å². The van der Waals surface area contributed by atoms with Crippen LogP contribution in [0.2, 0.25) is 0 Å². The molecule has 1 amide bonds. The summed E-state index contributed by atoms with van der Waals surface area (Å²) >= 11 is 0. The first-order valence-corrected chi connectivity index (χ1v) is 9.59. The van der Waals surface area contributed by atoms with Gasteiger partial charge >= 0.3 is 5.97 Å². The third kappa shape index (κ3) is 2.92. The molecule has 3 aliphatic rings. The molecule has 3 heterocycles. The van der Waals surface area contributed by atoms with Crippen LogP contribution in [0.15, 0.2) is 36.4 Å². The quantitative estimate of drug-likeness (QED) is 0.419. The van der Waals surface area contributed by atoms with Crippen molar-refractivity contribution in [2.24, 2.45) is 11.8 Å². The molecular weight excluding hydrogens is 346 g/mol. The van der Waals surface area contributed by atoms with Crippen LogP contribution in [0.4, 0.5) is 5.69 Å². The number of fused-ring (bicyclic) bond motifs is 1. The van der Waals surface area contributed by atoms with Crippen molar-refractivity contribution in [1.29, 1.82) is 0 Å². The second-order valence-corrected chi connectivity index (χ2v) is 7.40. The Labute approximate surface area is 159 Å². The molecule has 0 aliphatic carbocycles. The predicted molar refractivity (Wildman–Crippen MR) is 99.6 cm³/mol. The van der Waals surface area contributed by atoms with Crippen LogP contribution >= 0.6 is 0 Å². The number of amides is 1. The molecule has 6 heteroatoms. The summed E-state index contributed by atoms with van der Waals surface area (Å²) in [6, 6.07) is 7.34. The van der Waals surface area contributed by atoms with Gasteiger partial charge in [0.05, 0.1) is 32.3 Å². The van der Waals surface area contributed by atoms with Crippen LogP contribution in [0.25, 0.3) is 0 Å².